The van der Waals surface area contributed by atoms with Crippen molar-refractivity contribution in [3.05, 3.63) is 20.8 Å². The van der Waals surface area contributed by atoms with E-state index in [2.05, 4.69) is 21.2 Å². The van der Waals surface area contributed by atoms with E-state index in [0.29, 0.717) is 6.54 Å². The molecule has 0 aliphatic carbocycles. The first-order valence-electron chi connectivity index (χ1n) is 3.00. The van der Waals surface area contributed by atoms with Crippen molar-refractivity contribution in [3.8, 4) is 0 Å². The Balaban J connectivity index is 2.51. The number of nitrogens with two attached hydrogens (primary N) is 1. The van der Waals surface area contributed by atoms with Gasteiger partial charge in [-0.1, -0.05) is 0 Å². The second kappa shape index (κ2) is 3.73. The van der Waals surface area contributed by atoms with Crippen molar-refractivity contribution in [2.45, 2.75) is 6.54 Å². The molecule has 0 amide bonds. The van der Waals surface area contributed by atoms with Crippen molar-refractivity contribution < 1.29 is 0 Å². The number of guanidine groups is 1. The summed E-state index contributed by atoms with van der Waals surface area (Å²) in [6.45, 7) is 0.611. The number of thiophene rings is 1. The summed E-state index contributed by atoms with van der Waals surface area (Å²) in [7, 11) is 0. The zero-order chi connectivity index (χ0) is 8.27. The minimum Gasteiger partial charge on any atom is -0.370 e. The third-order valence-corrected chi connectivity index (χ3v) is 2.97. The van der Waals surface area contributed by atoms with Crippen LogP contribution in [0.25, 0.3) is 0 Å². The predicted octanol–water partition coefficient (Wildman–Crippen LogP) is 1.49. The largest absolute Gasteiger partial charge is 0.370 e. The molecule has 11 heavy (non-hydrogen) atoms. The SMILES string of the molecule is N=C(N)NCc1ccsc1Br. The van der Waals surface area contributed by atoms with Gasteiger partial charge in [-0.15, -0.1) is 11.3 Å². The zero-order valence-corrected chi connectivity index (χ0v) is 8.13. The van der Waals surface area contributed by atoms with Crippen molar-refractivity contribution in [3.63, 3.8) is 0 Å². The van der Waals surface area contributed by atoms with E-state index in [0.717, 1.165) is 9.35 Å². The molecule has 1 aromatic rings. The van der Waals surface area contributed by atoms with Crippen molar-refractivity contribution in [1.29, 1.82) is 5.41 Å². The number of hydrogen-bond acceptors (Lipinski definition) is 2. The predicted molar refractivity (Wildman–Crippen MR) is 50.8 cm³/mol. The van der Waals surface area contributed by atoms with E-state index in [4.69, 9.17) is 11.1 Å². The molecule has 0 aromatic carbocycles. The molecule has 0 saturated carbocycles. The smallest absolute Gasteiger partial charge is 0.185 e. The van der Waals surface area contributed by atoms with Crippen LogP contribution in [0.2, 0.25) is 0 Å². The summed E-state index contributed by atoms with van der Waals surface area (Å²) in [5.74, 6) is 0.00287. The lowest BCUT2D eigenvalue weighted by molar-refractivity contribution is 0.898. The minimum absolute atomic E-state index is 0.00287. The third-order valence-electron chi connectivity index (χ3n) is 1.16. The maximum Gasteiger partial charge on any atom is 0.185 e. The summed E-state index contributed by atoms with van der Waals surface area (Å²) in [6.07, 6.45) is 0. The lowest BCUT2D eigenvalue weighted by atomic mass is 10.3. The van der Waals surface area contributed by atoms with Crippen LogP contribution in [-0.4, -0.2) is 5.96 Å². The fourth-order valence-electron chi connectivity index (χ4n) is 0.636. The second-order valence-corrected chi connectivity index (χ2v) is 4.22. The van der Waals surface area contributed by atoms with Crippen molar-refractivity contribution >= 4 is 33.2 Å². The van der Waals surface area contributed by atoms with E-state index in [9.17, 15) is 0 Å². The summed E-state index contributed by atoms with van der Waals surface area (Å²) >= 11 is 5.01. The van der Waals surface area contributed by atoms with Crippen LogP contribution < -0.4 is 11.1 Å². The molecule has 5 heteroatoms. The summed E-state index contributed by atoms with van der Waals surface area (Å²) in [6, 6.07) is 1.99. The first-order chi connectivity index (χ1) is 5.20. The summed E-state index contributed by atoms with van der Waals surface area (Å²) in [5.41, 5.74) is 6.25. The van der Waals surface area contributed by atoms with Gasteiger partial charge < -0.3 is 11.1 Å². The first-order valence-corrected chi connectivity index (χ1v) is 4.67. The Kier molecular flexibility index (Phi) is 2.90. The molecule has 1 aromatic heterocycles. The van der Waals surface area contributed by atoms with Gasteiger partial charge in [0.1, 0.15) is 0 Å². The summed E-state index contributed by atoms with van der Waals surface area (Å²) < 4.78 is 1.09. The monoisotopic (exact) mass is 233 g/mol. The molecule has 0 fully saturated rings. The van der Waals surface area contributed by atoms with Gasteiger partial charge in [0.25, 0.3) is 0 Å². The van der Waals surface area contributed by atoms with Crippen LogP contribution in [0.3, 0.4) is 0 Å². The molecule has 1 heterocycles. The van der Waals surface area contributed by atoms with E-state index in [1.54, 1.807) is 11.3 Å². The lowest BCUT2D eigenvalue weighted by Gasteiger charge is -2.00. The van der Waals surface area contributed by atoms with Gasteiger partial charge >= 0.3 is 0 Å². The van der Waals surface area contributed by atoms with Crippen LogP contribution in [-0.2, 0) is 6.54 Å². The number of rotatable bonds is 2. The Bertz CT molecular complexity index is 258. The fourth-order valence-corrected chi connectivity index (χ4v) is 1.88. The normalized spacial score (nSPS) is 9.55. The van der Waals surface area contributed by atoms with Gasteiger partial charge in [-0.2, -0.15) is 0 Å². The van der Waals surface area contributed by atoms with Crippen LogP contribution in [0.4, 0.5) is 0 Å². The summed E-state index contributed by atoms with van der Waals surface area (Å²) in [4.78, 5) is 0. The highest BCUT2D eigenvalue weighted by molar-refractivity contribution is 9.11. The van der Waals surface area contributed by atoms with Gasteiger partial charge in [0.15, 0.2) is 5.96 Å². The molecule has 1 rings (SSSR count). The van der Waals surface area contributed by atoms with E-state index in [1.807, 2.05) is 11.4 Å². The number of nitrogens with one attached hydrogen (secondary N) is 2. The maximum atomic E-state index is 6.92. The molecule has 0 radical (unpaired) electrons. The standard InChI is InChI=1S/C6H8BrN3S/c7-5-4(1-2-11-5)3-10-6(8)9/h1-2H,3H2,(H4,8,9,10). The Morgan fingerprint density at radius 2 is 2.55 bits per heavy atom. The van der Waals surface area contributed by atoms with E-state index in [-0.39, 0.29) is 5.96 Å². The van der Waals surface area contributed by atoms with Gasteiger partial charge in [0.2, 0.25) is 0 Å². The minimum atomic E-state index is 0.00287. The van der Waals surface area contributed by atoms with Crippen LogP contribution >= 0.6 is 27.3 Å². The lowest BCUT2D eigenvalue weighted by Crippen LogP contribution is -2.29. The van der Waals surface area contributed by atoms with E-state index in [1.165, 1.54) is 0 Å². The van der Waals surface area contributed by atoms with Crippen LogP contribution in [0.15, 0.2) is 15.2 Å². The molecule has 3 nitrogen and oxygen atoms in total. The third kappa shape index (κ3) is 2.51. The average molecular weight is 234 g/mol. The van der Waals surface area contributed by atoms with Crippen LogP contribution in [0, 0.1) is 5.41 Å². The quantitative estimate of drug-likeness (QED) is 0.536. The topological polar surface area (TPSA) is 61.9 Å². The molecule has 0 unspecified atom stereocenters. The first kappa shape index (κ1) is 8.55. The fraction of sp³-hybridized carbons (Fsp3) is 0.167. The molecule has 4 N–H and O–H groups in total. The van der Waals surface area contributed by atoms with Gasteiger partial charge in [0.05, 0.1) is 3.79 Å². The maximum absolute atomic E-state index is 6.92. The highest BCUT2D eigenvalue weighted by Crippen LogP contribution is 2.22. The van der Waals surface area contributed by atoms with Crippen molar-refractivity contribution in [2.24, 2.45) is 5.73 Å². The molecule has 0 aliphatic heterocycles. The number of halogens is 1. The Hall–Kier alpha value is -0.550. The summed E-state index contributed by atoms with van der Waals surface area (Å²) in [5, 5.41) is 11.6. The second-order valence-electron chi connectivity index (χ2n) is 1.99. The molecule has 0 saturated heterocycles. The molecule has 60 valence electrons. The Labute approximate surface area is 77.2 Å². The van der Waals surface area contributed by atoms with Gasteiger partial charge in [-0.25, -0.2) is 0 Å². The average Bonchev–Trinajstić information content (AvgIpc) is 2.31. The highest BCUT2D eigenvalue weighted by atomic mass is 79.9. The Morgan fingerprint density at radius 3 is 3.00 bits per heavy atom. The van der Waals surface area contributed by atoms with E-state index < -0.39 is 0 Å². The molecule has 0 bridgehead atoms. The molecule has 0 aliphatic rings. The molecular formula is C6H8BrN3S. The highest BCUT2D eigenvalue weighted by Gasteiger charge is 1.99. The molecular weight excluding hydrogens is 226 g/mol. The van der Waals surface area contributed by atoms with Gasteiger partial charge in [-0.3, -0.25) is 5.41 Å². The van der Waals surface area contributed by atoms with E-state index >= 15 is 0 Å². The Morgan fingerprint density at radius 1 is 1.82 bits per heavy atom. The number of hydrogen-bond donors (Lipinski definition) is 3. The van der Waals surface area contributed by atoms with Crippen molar-refractivity contribution in [2.75, 3.05) is 0 Å². The molecule has 0 atom stereocenters. The molecule has 0 spiro atoms. The zero-order valence-electron chi connectivity index (χ0n) is 5.73. The van der Waals surface area contributed by atoms with Crippen LogP contribution in [0.5, 0.6) is 0 Å². The van der Waals surface area contributed by atoms with Crippen molar-refractivity contribution in [1.82, 2.24) is 5.32 Å². The van der Waals surface area contributed by atoms with Crippen LogP contribution in [0.1, 0.15) is 5.56 Å². The van der Waals surface area contributed by atoms with Gasteiger partial charge in [-0.05, 0) is 32.9 Å². The van der Waals surface area contributed by atoms with Gasteiger partial charge in [0, 0.05) is 6.54 Å².